The SMILES string of the molecule is COc1cccc(F)c1C(=O)c1ccnc(NC2CN(C(C)=O)CCC2N)n1. The van der Waals surface area contributed by atoms with Gasteiger partial charge in [0.15, 0.2) is 0 Å². The number of likely N-dealkylation sites (tertiary alicyclic amines) is 1. The summed E-state index contributed by atoms with van der Waals surface area (Å²) in [6.45, 7) is 2.52. The lowest BCUT2D eigenvalue weighted by molar-refractivity contribution is -0.130. The van der Waals surface area contributed by atoms with Crippen LogP contribution in [0.15, 0.2) is 30.5 Å². The molecule has 9 heteroatoms. The number of benzene rings is 1. The van der Waals surface area contributed by atoms with Crippen LogP contribution in [0.2, 0.25) is 0 Å². The van der Waals surface area contributed by atoms with Crippen LogP contribution in [0.3, 0.4) is 0 Å². The van der Waals surface area contributed by atoms with Gasteiger partial charge >= 0.3 is 0 Å². The molecule has 2 atom stereocenters. The van der Waals surface area contributed by atoms with Crippen molar-refractivity contribution in [1.29, 1.82) is 0 Å². The lowest BCUT2D eigenvalue weighted by Gasteiger charge is -2.36. The summed E-state index contributed by atoms with van der Waals surface area (Å²) in [6, 6.07) is 5.11. The van der Waals surface area contributed by atoms with E-state index in [4.69, 9.17) is 10.5 Å². The van der Waals surface area contributed by atoms with Gasteiger partial charge in [-0.2, -0.15) is 0 Å². The summed E-state index contributed by atoms with van der Waals surface area (Å²) in [5, 5.41) is 3.09. The summed E-state index contributed by atoms with van der Waals surface area (Å²) in [5.74, 6) is -1.02. The minimum Gasteiger partial charge on any atom is -0.496 e. The minimum atomic E-state index is -0.691. The first-order valence-electron chi connectivity index (χ1n) is 8.88. The number of ether oxygens (including phenoxy) is 1. The maximum atomic E-state index is 14.2. The normalized spacial score (nSPS) is 19.2. The number of ketones is 1. The number of halogens is 1. The Hall–Kier alpha value is -3.07. The Morgan fingerprint density at radius 3 is 2.86 bits per heavy atom. The number of aromatic nitrogens is 2. The summed E-state index contributed by atoms with van der Waals surface area (Å²) < 4.78 is 19.3. The number of methoxy groups -OCH3 is 1. The van der Waals surface area contributed by atoms with E-state index in [0.717, 1.165) is 0 Å². The molecule has 1 fully saturated rings. The largest absolute Gasteiger partial charge is 0.496 e. The Morgan fingerprint density at radius 1 is 1.36 bits per heavy atom. The molecule has 0 radical (unpaired) electrons. The topological polar surface area (TPSA) is 110 Å². The van der Waals surface area contributed by atoms with Crippen LogP contribution in [0.5, 0.6) is 5.75 Å². The van der Waals surface area contributed by atoms with Crippen LogP contribution < -0.4 is 15.8 Å². The molecule has 0 bridgehead atoms. The summed E-state index contributed by atoms with van der Waals surface area (Å²) in [7, 11) is 1.36. The molecule has 3 rings (SSSR count). The van der Waals surface area contributed by atoms with Crippen molar-refractivity contribution in [2.45, 2.75) is 25.4 Å². The number of amides is 1. The fourth-order valence-corrected chi connectivity index (χ4v) is 3.15. The van der Waals surface area contributed by atoms with Crippen molar-refractivity contribution in [2.24, 2.45) is 5.73 Å². The number of carbonyl (C=O) groups is 2. The van der Waals surface area contributed by atoms with Gasteiger partial charge in [0.05, 0.1) is 13.2 Å². The quantitative estimate of drug-likeness (QED) is 0.742. The fraction of sp³-hybridized carbons (Fsp3) is 0.368. The molecule has 0 saturated carbocycles. The number of anilines is 1. The van der Waals surface area contributed by atoms with Gasteiger partial charge < -0.3 is 20.7 Å². The molecule has 28 heavy (non-hydrogen) atoms. The highest BCUT2D eigenvalue weighted by molar-refractivity contribution is 6.09. The number of hydrogen-bond acceptors (Lipinski definition) is 7. The number of piperidine rings is 1. The van der Waals surface area contributed by atoms with Crippen LogP contribution >= 0.6 is 0 Å². The highest BCUT2D eigenvalue weighted by Crippen LogP contribution is 2.24. The summed E-state index contributed by atoms with van der Waals surface area (Å²) >= 11 is 0. The lowest BCUT2D eigenvalue weighted by atomic mass is 10.0. The van der Waals surface area contributed by atoms with Crippen LogP contribution in [0, 0.1) is 5.82 Å². The maximum Gasteiger partial charge on any atom is 0.223 e. The minimum absolute atomic E-state index is 0.0219. The van der Waals surface area contributed by atoms with Gasteiger partial charge in [-0.05, 0) is 24.6 Å². The molecule has 0 spiro atoms. The van der Waals surface area contributed by atoms with Gasteiger partial charge in [-0.1, -0.05) is 6.07 Å². The van der Waals surface area contributed by atoms with Gasteiger partial charge in [-0.25, -0.2) is 14.4 Å². The summed E-state index contributed by atoms with van der Waals surface area (Å²) in [5.41, 5.74) is 5.98. The molecule has 148 valence electrons. The highest BCUT2D eigenvalue weighted by atomic mass is 19.1. The zero-order valence-corrected chi connectivity index (χ0v) is 15.7. The molecule has 3 N–H and O–H groups in total. The second kappa shape index (κ2) is 8.30. The van der Waals surface area contributed by atoms with E-state index in [1.54, 1.807) is 4.90 Å². The predicted octanol–water partition coefficient (Wildman–Crippen LogP) is 1.22. The van der Waals surface area contributed by atoms with Crippen LogP contribution in [0.4, 0.5) is 10.3 Å². The number of nitrogens with two attached hydrogens (primary N) is 1. The average Bonchev–Trinajstić information content (AvgIpc) is 2.69. The van der Waals surface area contributed by atoms with Crippen LogP contribution in [0.25, 0.3) is 0 Å². The molecule has 0 aliphatic carbocycles. The Morgan fingerprint density at radius 2 is 2.14 bits per heavy atom. The van der Waals surface area contributed by atoms with Crippen molar-refractivity contribution < 1.29 is 18.7 Å². The maximum absolute atomic E-state index is 14.2. The molecule has 2 unspecified atom stereocenters. The second-order valence-electron chi connectivity index (χ2n) is 6.58. The molecule has 1 amide bonds. The second-order valence-corrected chi connectivity index (χ2v) is 6.58. The molecule has 1 aromatic heterocycles. The Balaban J connectivity index is 1.83. The third kappa shape index (κ3) is 4.09. The van der Waals surface area contributed by atoms with E-state index in [9.17, 15) is 14.0 Å². The van der Waals surface area contributed by atoms with Gasteiger partial charge in [0.2, 0.25) is 17.6 Å². The number of rotatable bonds is 5. The number of nitrogens with zero attached hydrogens (tertiary/aromatic N) is 3. The van der Waals surface area contributed by atoms with Crippen molar-refractivity contribution >= 4 is 17.6 Å². The number of nitrogens with one attached hydrogen (secondary N) is 1. The first-order valence-corrected chi connectivity index (χ1v) is 8.88. The molecule has 1 saturated heterocycles. The van der Waals surface area contributed by atoms with Crippen LogP contribution in [-0.2, 0) is 4.79 Å². The molecular formula is C19H22FN5O3. The molecule has 1 aliphatic heterocycles. The van der Waals surface area contributed by atoms with E-state index >= 15 is 0 Å². The standard InChI is InChI=1S/C19H22FN5O3/c1-11(26)25-9-7-13(21)15(10-25)24-19-22-8-6-14(23-19)18(27)17-12(20)4-3-5-16(17)28-2/h3-6,8,13,15H,7,9-10,21H2,1-2H3,(H,22,23,24). The van der Waals surface area contributed by atoms with Crippen LogP contribution in [-0.4, -0.2) is 58.8 Å². The number of hydrogen-bond donors (Lipinski definition) is 2. The monoisotopic (exact) mass is 387 g/mol. The molecular weight excluding hydrogens is 365 g/mol. The van der Waals surface area contributed by atoms with E-state index in [2.05, 4.69) is 15.3 Å². The van der Waals surface area contributed by atoms with Gasteiger partial charge in [0.1, 0.15) is 22.8 Å². The smallest absolute Gasteiger partial charge is 0.223 e. The Labute approximate surface area is 161 Å². The average molecular weight is 387 g/mol. The third-order valence-corrected chi connectivity index (χ3v) is 4.74. The molecule has 1 aromatic carbocycles. The predicted molar refractivity (Wildman–Crippen MR) is 101 cm³/mol. The zero-order chi connectivity index (χ0) is 20.3. The third-order valence-electron chi connectivity index (χ3n) is 4.74. The van der Waals surface area contributed by atoms with E-state index < -0.39 is 11.6 Å². The molecule has 8 nitrogen and oxygen atoms in total. The first-order chi connectivity index (χ1) is 13.4. The van der Waals surface area contributed by atoms with E-state index in [0.29, 0.717) is 19.5 Å². The fourth-order valence-electron chi connectivity index (χ4n) is 3.15. The van der Waals surface area contributed by atoms with E-state index in [-0.39, 0.29) is 40.9 Å². The highest BCUT2D eigenvalue weighted by Gasteiger charge is 2.29. The summed E-state index contributed by atoms with van der Waals surface area (Å²) in [4.78, 5) is 34.4. The molecule has 2 heterocycles. The van der Waals surface area contributed by atoms with Crippen LogP contribution in [0.1, 0.15) is 29.4 Å². The van der Waals surface area contributed by atoms with Crippen molar-refractivity contribution in [3.63, 3.8) is 0 Å². The summed E-state index contributed by atoms with van der Waals surface area (Å²) in [6.07, 6.45) is 2.05. The molecule has 2 aromatic rings. The van der Waals surface area contributed by atoms with Crippen molar-refractivity contribution in [3.05, 3.63) is 47.5 Å². The van der Waals surface area contributed by atoms with Gasteiger partial charge in [-0.3, -0.25) is 9.59 Å². The zero-order valence-electron chi connectivity index (χ0n) is 15.7. The van der Waals surface area contributed by atoms with E-state index in [1.165, 1.54) is 44.5 Å². The van der Waals surface area contributed by atoms with Gasteiger partial charge in [-0.15, -0.1) is 0 Å². The lowest BCUT2D eigenvalue weighted by Crippen LogP contribution is -2.55. The Bertz CT molecular complexity index is 892. The first kappa shape index (κ1) is 19.7. The van der Waals surface area contributed by atoms with Gasteiger partial charge in [0, 0.05) is 32.3 Å². The Kier molecular flexibility index (Phi) is 5.84. The van der Waals surface area contributed by atoms with Crippen molar-refractivity contribution in [1.82, 2.24) is 14.9 Å². The number of carbonyl (C=O) groups excluding carboxylic acids is 2. The van der Waals surface area contributed by atoms with E-state index in [1.807, 2.05) is 0 Å². The van der Waals surface area contributed by atoms with Gasteiger partial charge in [0.25, 0.3) is 0 Å². The van der Waals surface area contributed by atoms with Crippen molar-refractivity contribution in [3.8, 4) is 5.75 Å². The van der Waals surface area contributed by atoms with Crippen molar-refractivity contribution in [2.75, 3.05) is 25.5 Å². The molecule has 1 aliphatic rings.